The highest BCUT2D eigenvalue weighted by Crippen LogP contribution is 2.19. The van der Waals surface area contributed by atoms with Gasteiger partial charge in [-0.2, -0.15) is 0 Å². The molecule has 0 bridgehead atoms. The second-order valence-corrected chi connectivity index (χ2v) is 5.87. The molecule has 0 unspecified atom stereocenters. The standard InChI is InChI=1S/C16H14BrClFNO/c1-2-20(10-11-4-3-5-13(18)8-11)16(21)12-6-7-14(17)15(19)9-12/h3-9H,2,10H2,1H3. The molecular formula is C16H14BrClFNO. The molecule has 0 aliphatic rings. The van der Waals surface area contributed by atoms with Crippen molar-refractivity contribution in [2.24, 2.45) is 0 Å². The van der Waals surface area contributed by atoms with Crippen LogP contribution in [0.25, 0.3) is 0 Å². The number of nitrogens with zero attached hydrogens (tertiary/aromatic N) is 1. The van der Waals surface area contributed by atoms with Gasteiger partial charge in [-0.15, -0.1) is 0 Å². The fourth-order valence-corrected chi connectivity index (χ4v) is 2.45. The molecule has 2 nitrogen and oxygen atoms in total. The molecular weight excluding hydrogens is 357 g/mol. The van der Waals surface area contributed by atoms with Gasteiger partial charge in [-0.1, -0.05) is 23.7 Å². The zero-order valence-electron chi connectivity index (χ0n) is 11.4. The summed E-state index contributed by atoms with van der Waals surface area (Å²) < 4.78 is 13.9. The molecule has 0 aliphatic heterocycles. The first-order valence-electron chi connectivity index (χ1n) is 6.50. The van der Waals surface area contributed by atoms with E-state index < -0.39 is 5.82 Å². The smallest absolute Gasteiger partial charge is 0.254 e. The molecule has 0 saturated heterocycles. The minimum absolute atomic E-state index is 0.205. The Morgan fingerprint density at radius 3 is 2.67 bits per heavy atom. The zero-order chi connectivity index (χ0) is 15.4. The minimum atomic E-state index is -0.445. The monoisotopic (exact) mass is 369 g/mol. The van der Waals surface area contributed by atoms with Crippen LogP contribution in [0.15, 0.2) is 46.9 Å². The molecule has 0 N–H and O–H groups in total. The van der Waals surface area contributed by atoms with Gasteiger partial charge in [0.1, 0.15) is 5.82 Å². The molecule has 0 heterocycles. The van der Waals surface area contributed by atoms with Crippen molar-refractivity contribution in [2.45, 2.75) is 13.5 Å². The minimum Gasteiger partial charge on any atom is -0.335 e. The van der Waals surface area contributed by atoms with Crippen LogP contribution in [-0.4, -0.2) is 17.4 Å². The van der Waals surface area contributed by atoms with Crippen LogP contribution < -0.4 is 0 Å². The average Bonchev–Trinajstić information content (AvgIpc) is 2.47. The summed E-state index contributed by atoms with van der Waals surface area (Å²) in [5, 5.41) is 0.630. The molecule has 1 amide bonds. The van der Waals surface area contributed by atoms with Crippen molar-refractivity contribution in [3.05, 3.63) is 68.9 Å². The summed E-state index contributed by atoms with van der Waals surface area (Å²) in [6.45, 7) is 2.86. The predicted octanol–water partition coefficient (Wildman–Crippen LogP) is 4.90. The van der Waals surface area contributed by atoms with Gasteiger partial charge in [0.05, 0.1) is 4.47 Å². The molecule has 0 saturated carbocycles. The summed E-state index contributed by atoms with van der Waals surface area (Å²) in [7, 11) is 0. The summed E-state index contributed by atoms with van der Waals surface area (Å²) >= 11 is 9.03. The van der Waals surface area contributed by atoms with E-state index in [0.29, 0.717) is 28.1 Å². The third-order valence-electron chi connectivity index (χ3n) is 3.10. The lowest BCUT2D eigenvalue weighted by atomic mass is 10.1. The molecule has 0 spiro atoms. The zero-order valence-corrected chi connectivity index (χ0v) is 13.8. The van der Waals surface area contributed by atoms with E-state index in [1.807, 2.05) is 25.1 Å². The molecule has 0 aromatic heterocycles. The van der Waals surface area contributed by atoms with Crippen molar-refractivity contribution in [1.29, 1.82) is 0 Å². The summed E-state index contributed by atoms with van der Waals surface area (Å²) in [6, 6.07) is 11.7. The highest BCUT2D eigenvalue weighted by Gasteiger charge is 2.16. The Morgan fingerprint density at radius 2 is 2.05 bits per heavy atom. The molecule has 0 radical (unpaired) electrons. The fraction of sp³-hybridized carbons (Fsp3) is 0.188. The van der Waals surface area contributed by atoms with Gasteiger partial charge in [-0.3, -0.25) is 4.79 Å². The van der Waals surface area contributed by atoms with Crippen LogP contribution in [0.3, 0.4) is 0 Å². The number of hydrogen-bond acceptors (Lipinski definition) is 1. The van der Waals surface area contributed by atoms with Gasteiger partial charge in [-0.05, 0) is 58.7 Å². The van der Waals surface area contributed by atoms with Crippen molar-refractivity contribution >= 4 is 33.4 Å². The molecule has 0 fully saturated rings. The van der Waals surface area contributed by atoms with E-state index in [0.717, 1.165) is 5.56 Å². The van der Waals surface area contributed by atoms with Gasteiger partial charge < -0.3 is 4.90 Å². The Kier molecular flexibility index (Phi) is 5.37. The highest BCUT2D eigenvalue weighted by molar-refractivity contribution is 9.10. The second kappa shape index (κ2) is 7.05. The summed E-state index contributed by atoms with van der Waals surface area (Å²) in [5.41, 5.74) is 1.27. The number of carbonyl (C=O) groups excluding carboxylic acids is 1. The van der Waals surface area contributed by atoms with E-state index >= 15 is 0 Å². The van der Waals surface area contributed by atoms with Crippen molar-refractivity contribution in [1.82, 2.24) is 4.90 Å². The number of halogens is 3. The predicted molar refractivity (Wildman–Crippen MR) is 86.0 cm³/mol. The Morgan fingerprint density at radius 1 is 1.29 bits per heavy atom. The van der Waals surface area contributed by atoms with Gasteiger partial charge >= 0.3 is 0 Å². The number of benzene rings is 2. The Balaban J connectivity index is 2.20. The maximum Gasteiger partial charge on any atom is 0.254 e. The highest BCUT2D eigenvalue weighted by atomic mass is 79.9. The summed E-state index contributed by atoms with van der Waals surface area (Å²) in [5.74, 6) is -0.650. The lowest BCUT2D eigenvalue weighted by Crippen LogP contribution is -2.30. The maximum atomic E-state index is 13.6. The van der Waals surface area contributed by atoms with E-state index in [2.05, 4.69) is 15.9 Å². The van der Waals surface area contributed by atoms with Crippen molar-refractivity contribution in [3.63, 3.8) is 0 Å². The van der Waals surface area contributed by atoms with Crippen molar-refractivity contribution in [3.8, 4) is 0 Å². The first-order chi connectivity index (χ1) is 10.0. The molecule has 2 rings (SSSR count). The lowest BCUT2D eigenvalue weighted by molar-refractivity contribution is 0.0752. The lowest BCUT2D eigenvalue weighted by Gasteiger charge is -2.21. The van der Waals surface area contributed by atoms with Crippen LogP contribution >= 0.6 is 27.5 Å². The van der Waals surface area contributed by atoms with Gasteiger partial charge in [-0.25, -0.2) is 4.39 Å². The third-order valence-corrected chi connectivity index (χ3v) is 3.98. The van der Waals surface area contributed by atoms with Crippen LogP contribution in [0.1, 0.15) is 22.8 Å². The van der Waals surface area contributed by atoms with Gasteiger partial charge in [0.2, 0.25) is 0 Å². The van der Waals surface area contributed by atoms with E-state index in [1.165, 1.54) is 12.1 Å². The van der Waals surface area contributed by atoms with E-state index in [-0.39, 0.29) is 5.91 Å². The number of carbonyl (C=O) groups is 1. The van der Waals surface area contributed by atoms with E-state index in [9.17, 15) is 9.18 Å². The summed E-state index contributed by atoms with van der Waals surface area (Å²) in [6.07, 6.45) is 0. The Labute approximate surface area is 136 Å². The number of hydrogen-bond donors (Lipinski definition) is 0. The second-order valence-electron chi connectivity index (χ2n) is 4.58. The van der Waals surface area contributed by atoms with Gasteiger partial charge in [0, 0.05) is 23.7 Å². The normalized spacial score (nSPS) is 10.5. The molecule has 21 heavy (non-hydrogen) atoms. The first-order valence-corrected chi connectivity index (χ1v) is 7.67. The fourth-order valence-electron chi connectivity index (χ4n) is 1.99. The maximum absolute atomic E-state index is 13.6. The van der Waals surface area contributed by atoms with Crippen LogP contribution in [0.2, 0.25) is 5.02 Å². The summed E-state index contributed by atoms with van der Waals surface area (Å²) in [4.78, 5) is 14.1. The van der Waals surface area contributed by atoms with Crippen molar-refractivity contribution < 1.29 is 9.18 Å². The number of rotatable bonds is 4. The largest absolute Gasteiger partial charge is 0.335 e. The molecule has 0 atom stereocenters. The van der Waals surface area contributed by atoms with Crippen LogP contribution in [-0.2, 0) is 6.54 Å². The quantitative estimate of drug-likeness (QED) is 0.749. The van der Waals surface area contributed by atoms with E-state index in [4.69, 9.17) is 11.6 Å². The molecule has 110 valence electrons. The molecule has 0 aliphatic carbocycles. The van der Waals surface area contributed by atoms with E-state index in [1.54, 1.807) is 17.0 Å². The Hall–Kier alpha value is -1.39. The van der Waals surface area contributed by atoms with Crippen LogP contribution in [0, 0.1) is 5.82 Å². The Bertz CT molecular complexity index is 662. The topological polar surface area (TPSA) is 20.3 Å². The molecule has 5 heteroatoms. The number of amides is 1. The molecule has 2 aromatic rings. The molecule has 2 aromatic carbocycles. The SMILES string of the molecule is CCN(Cc1cccc(Cl)c1)C(=O)c1ccc(Br)c(F)c1. The van der Waals surface area contributed by atoms with Crippen LogP contribution in [0.5, 0.6) is 0 Å². The van der Waals surface area contributed by atoms with Gasteiger partial charge in [0.25, 0.3) is 5.91 Å². The third kappa shape index (κ3) is 4.05. The van der Waals surface area contributed by atoms with Crippen LogP contribution in [0.4, 0.5) is 4.39 Å². The van der Waals surface area contributed by atoms with Gasteiger partial charge in [0.15, 0.2) is 0 Å². The average molecular weight is 371 g/mol. The van der Waals surface area contributed by atoms with Crippen molar-refractivity contribution in [2.75, 3.05) is 6.54 Å². The first kappa shape index (κ1) is 16.0.